The van der Waals surface area contributed by atoms with Gasteiger partial charge in [0.2, 0.25) is 0 Å². The molecule has 0 aliphatic heterocycles. The molecule has 3 rings (SSSR count). The number of aromatic nitrogens is 1. The molecule has 0 saturated carbocycles. The molecular weight excluding hydrogens is 303 g/mol. The first-order chi connectivity index (χ1) is 11.0. The Labute approximate surface area is 130 Å². The summed E-state index contributed by atoms with van der Waals surface area (Å²) in [5, 5.41) is 0. The van der Waals surface area contributed by atoms with Crippen molar-refractivity contribution < 1.29 is 13.2 Å². The second kappa shape index (κ2) is 6.12. The van der Waals surface area contributed by atoms with Gasteiger partial charge in [0.1, 0.15) is 17.5 Å². The topological polar surface area (TPSA) is 22.0 Å². The molecule has 0 atom stereocenters. The average Bonchev–Trinajstić information content (AvgIpc) is 2.52. The van der Waals surface area contributed by atoms with E-state index < -0.39 is 11.6 Å². The number of hydrogen-bond acceptors (Lipinski definition) is 1. The molecule has 3 aromatic rings. The van der Waals surface area contributed by atoms with Gasteiger partial charge in [-0.3, -0.25) is 4.79 Å². The van der Waals surface area contributed by atoms with Crippen molar-refractivity contribution in [1.29, 1.82) is 0 Å². The Morgan fingerprint density at radius 3 is 2.22 bits per heavy atom. The molecule has 2 nitrogen and oxygen atoms in total. The van der Waals surface area contributed by atoms with E-state index in [-0.39, 0.29) is 23.5 Å². The van der Waals surface area contributed by atoms with Crippen LogP contribution in [0.3, 0.4) is 0 Å². The molecule has 0 aliphatic carbocycles. The van der Waals surface area contributed by atoms with Gasteiger partial charge < -0.3 is 4.57 Å². The fraction of sp³-hybridized carbons (Fsp3) is 0.0556. The minimum absolute atomic E-state index is 0.0432. The van der Waals surface area contributed by atoms with Gasteiger partial charge in [-0.2, -0.15) is 0 Å². The van der Waals surface area contributed by atoms with Crippen molar-refractivity contribution in [3.63, 3.8) is 0 Å². The van der Waals surface area contributed by atoms with Crippen molar-refractivity contribution >= 4 is 0 Å². The van der Waals surface area contributed by atoms with E-state index >= 15 is 0 Å². The number of rotatable bonds is 3. The van der Waals surface area contributed by atoms with E-state index in [2.05, 4.69) is 0 Å². The highest BCUT2D eigenvalue weighted by Gasteiger charge is 2.10. The first-order valence-electron chi connectivity index (χ1n) is 6.94. The second-order valence-electron chi connectivity index (χ2n) is 5.08. The highest BCUT2D eigenvalue weighted by molar-refractivity contribution is 5.59. The van der Waals surface area contributed by atoms with Crippen molar-refractivity contribution in [3.05, 3.63) is 94.0 Å². The summed E-state index contributed by atoms with van der Waals surface area (Å²) in [4.78, 5) is 12.2. The molecule has 116 valence electrons. The van der Waals surface area contributed by atoms with Crippen LogP contribution in [0.15, 0.2) is 65.5 Å². The van der Waals surface area contributed by atoms with Gasteiger partial charge in [0.25, 0.3) is 5.56 Å². The van der Waals surface area contributed by atoms with Crippen molar-refractivity contribution in [1.82, 2.24) is 4.57 Å². The zero-order valence-electron chi connectivity index (χ0n) is 12.0. The smallest absolute Gasteiger partial charge is 0.251 e. The van der Waals surface area contributed by atoms with Crippen LogP contribution in [0.5, 0.6) is 0 Å². The highest BCUT2D eigenvalue weighted by atomic mass is 19.1. The normalized spacial score (nSPS) is 10.7. The fourth-order valence-electron chi connectivity index (χ4n) is 2.38. The van der Waals surface area contributed by atoms with Crippen LogP contribution in [-0.2, 0) is 6.54 Å². The Morgan fingerprint density at radius 1 is 0.826 bits per heavy atom. The minimum atomic E-state index is -0.717. The van der Waals surface area contributed by atoms with Gasteiger partial charge >= 0.3 is 0 Å². The minimum Gasteiger partial charge on any atom is -0.304 e. The molecule has 1 heterocycles. The maximum absolute atomic E-state index is 13.8. The Bertz CT molecular complexity index is 901. The molecule has 0 unspecified atom stereocenters. The monoisotopic (exact) mass is 315 g/mol. The van der Waals surface area contributed by atoms with Gasteiger partial charge in [0, 0.05) is 17.7 Å². The summed E-state index contributed by atoms with van der Waals surface area (Å²) in [5.74, 6) is -1.78. The molecule has 0 amide bonds. The molecular formula is C18H12F3NO. The van der Waals surface area contributed by atoms with Crippen LogP contribution >= 0.6 is 0 Å². The third-order valence-corrected chi connectivity index (χ3v) is 3.53. The third kappa shape index (κ3) is 3.18. The maximum Gasteiger partial charge on any atom is 0.251 e. The SMILES string of the molecule is O=c1cccc(-c2ccc(F)cc2)n1Cc1ccc(F)cc1F. The standard InChI is InChI=1S/C18H12F3NO/c19-14-7-4-12(5-8-14)17-2-1-3-18(23)22(17)11-13-6-9-15(20)10-16(13)21/h1-10H,11H2. The van der Waals surface area contributed by atoms with Crippen molar-refractivity contribution in [3.8, 4) is 11.3 Å². The number of nitrogens with zero attached hydrogens (tertiary/aromatic N) is 1. The zero-order valence-corrected chi connectivity index (χ0v) is 12.0. The Balaban J connectivity index is 2.08. The van der Waals surface area contributed by atoms with E-state index in [4.69, 9.17) is 0 Å². The summed E-state index contributed by atoms with van der Waals surface area (Å²) in [6.45, 7) is -0.0432. The van der Waals surface area contributed by atoms with Crippen LogP contribution in [0.2, 0.25) is 0 Å². The predicted octanol–water partition coefficient (Wildman–Crippen LogP) is 3.98. The van der Waals surface area contributed by atoms with Gasteiger partial charge in [0.15, 0.2) is 0 Å². The fourth-order valence-corrected chi connectivity index (χ4v) is 2.38. The van der Waals surface area contributed by atoms with Gasteiger partial charge in [0.05, 0.1) is 12.2 Å². The summed E-state index contributed by atoms with van der Waals surface area (Å²) in [5.41, 5.74) is 1.03. The third-order valence-electron chi connectivity index (χ3n) is 3.53. The summed E-state index contributed by atoms with van der Waals surface area (Å²) >= 11 is 0. The van der Waals surface area contributed by atoms with Crippen LogP contribution < -0.4 is 5.56 Å². The second-order valence-corrected chi connectivity index (χ2v) is 5.08. The van der Waals surface area contributed by atoms with Crippen molar-refractivity contribution in [2.24, 2.45) is 0 Å². The Hall–Kier alpha value is -2.82. The molecule has 0 spiro atoms. The molecule has 0 N–H and O–H groups in total. The van der Waals surface area contributed by atoms with E-state index in [1.165, 1.54) is 28.8 Å². The van der Waals surface area contributed by atoms with Crippen molar-refractivity contribution in [2.75, 3.05) is 0 Å². The van der Waals surface area contributed by atoms with Crippen LogP contribution in [0.1, 0.15) is 5.56 Å². The van der Waals surface area contributed by atoms with E-state index in [0.717, 1.165) is 12.1 Å². The molecule has 23 heavy (non-hydrogen) atoms. The van der Waals surface area contributed by atoms with Gasteiger partial charge in [-0.25, -0.2) is 13.2 Å². The lowest BCUT2D eigenvalue weighted by molar-refractivity contribution is 0.565. The Morgan fingerprint density at radius 2 is 1.52 bits per heavy atom. The number of halogens is 3. The van der Waals surface area contributed by atoms with Gasteiger partial charge in [-0.1, -0.05) is 12.1 Å². The highest BCUT2D eigenvalue weighted by Crippen LogP contribution is 2.20. The number of benzene rings is 2. The molecule has 1 aromatic heterocycles. The largest absolute Gasteiger partial charge is 0.304 e. The molecule has 0 fully saturated rings. The number of hydrogen-bond donors (Lipinski definition) is 0. The van der Waals surface area contributed by atoms with E-state index in [9.17, 15) is 18.0 Å². The van der Waals surface area contributed by atoms with Crippen LogP contribution in [0.4, 0.5) is 13.2 Å². The van der Waals surface area contributed by atoms with E-state index in [0.29, 0.717) is 11.3 Å². The van der Waals surface area contributed by atoms with E-state index in [1.807, 2.05) is 0 Å². The zero-order chi connectivity index (χ0) is 16.4. The Kier molecular flexibility index (Phi) is 4.02. The molecule has 0 radical (unpaired) electrons. The lowest BCUT2D eigenvalue weighted by Gasteiger charge is -2.13. The summed E-state index contributed by atoms with van der Waals surface area (Å²) < 4.78 is 41.3. The summed E-state index contributed by atoms with van der Waals surface area (Å²) in [7, 11) is 0. The summed E-state index contributed by atoms with van der Waals surface area (Å²) in [6.07, 6.45) is 0. The predicted molar refractivity (Wildman–Crippen MR) is 81.6 cm³/mol. The van der Waals surface area contributed by atoms with Crippen LogP contribution in [0.25, 0.3) is 11.3 Å². The first kappa shape index (κ1) is 15.1. The molecule has 0 aliphatic rings. The van der Waals surface area contributed by atoms with Gasteiger partial charge in [-0.15, -0.1) is 0 Å². The van der Waals surface area contributed by atoms with E-state index in [1.54, 1.807) is 24.3 Å². The molecule has 0 bridgehead atoms. The summed E-state index contributed by atoms with van der Waals surface area (Å²) in [6, 6.07) is 13.5. The lowest BCUT2D eigenvalue weighted by Crippen LogP contribution is -2.21. The maximum atomic E-state index is 13.8. The number of pyridine rings is 1. The quantitative estimate of drug-likeness (QED) is 0.716. The molecule has 0 saturated heterocycles. The molecule has 5 heteroatoms. The average molecular weight is 315 g/mol. The van der Waals surface area contributed by atoms with Crippen LogP contribution in [0, 0.1) is 17.5 Å². The van der Waals surface area contributed by atoms with Crippen molar-refractivity contribution in [2.45, 2.75) is 6.54 Å². The van der Waals surface area contributed by atoms with Crippen LogP contribution in [-0.4, -0.2) is 4.57 Å². The first-order valence-corrected chi connectivity index (χ1v) is 6.94. The lowest BCUT2D eigenvalue weighted by atomic mass is 10.1. The molecule has 2 aromatic carbocycles. The van der Waals surface area contributed by atoms with Gasteiger partial charge in [-0.05, 0) is 42.0 Å².